The Balaban J connectivity index is 2.26. The Morgan fingerprint density at radius 3 is 2.15 bits per heavy atom. The van der Waals surface area contributed by atoms with Crippen LogP contribution in [0.1, 0.15) is 52.7 Å². The van der Waals surface area contributed by atoms with Crippen molar-refractivity contribution in [2.45, 2.75) is 65.2 Å². The number of benzene rings is 1. The second-order valence-corrected chi connectivity index (χ2v) is 8.98. The van der Waals surface area contributed by atoms with Crippen LogP contribution in [0.15, 0.2) is 18.2 Å². The Morgan fingerprint density at radius 1 is 1.07 bits per heavy atom. The summed E-state index contributed by atoms with van der Waals surface area (Å²) in [5.74, 6) is -0.405. The van der Waals surface area contributed by atoms with E-state index in [1.54, 1.807) is 66.7 Å². The zero-order valence-corrected chi connectivity index (χ0v) is 17.1. The van der Waals surface area contributed by atoms with Gasteiger partial charge in [0.15, 0.2) is 0 Å². The molecular formula is C20H29FN2O4. The highest BCUT2D eigenvalue weighted by atomic mass is 19.1. The van der Waals surface area contributed by atoms with Gasteiger partial charge in [-0.1, -0.05) is 18.2 Å². The fourth-order valence-corrected chi connectivity index (χ4v) is 2.89. The van der Waals surface area contributed by atoms with Gasteiger partial charge in [0, 0.05) is 5.56 Å². The predicted molar refractivity (Wildman–Crippen MR) is 100.0 cm³/mol. The van der Waals surface area contributed by atoms with Crippen LogP contribution < -0.4 is 5.32 Å². The van der Waals surface area contributed by atoms with Crippen molar-refractivity contribution in [2.24, 2.45) is 0 Å². The van der Waals surface area contributed by atoms with Crippen molar-refractivity contribution < 1.29 is 23.5 Å². The fourth-order valence-electron chi connectivity index (χ4n) is 2.89. The lowest BCUT2D eigenvalue weighted by molar-refractivity contribution is -0.0238. The average molecular weight is 380 g/mol. The largest absolute Gasteiger partial charge is 0.444 e. The van der Waals surface area contributed by atoms with Crippen LogP contribution in [-0.4, -0.2) is 41.4 Å². The molecule has 0 radical (unpaired) electrons. The molecule has 150 valence electrons. The van der Waals surface area contributed by atoms with Gasteiger partial charge in [0.05, 0.1) is 13.1 Å². The number of amides is 2. The zero-order chi connectivity index (χ0) is 20.6. The summed E-state index contributed by atoms with van der Waals surface area (Å²) in [7, 11) is 0. The highest BCUT2D eigenvalue weighted by Crippen LogP contribution is 2.35. The van der Waals surface area contributed by atoms with Gasteiger partial charge < -0.3 is 19.7 Å². The number of ether oxygens (including phenoxy) is 2. The third kappa shape index (κ3) is 5.11. The lowest BCUT2D eigenvalue weighted by Crippen LogP contribution is -2.69. The van der Waals surface area contributed by atoms with E-state index in [1.165, 1.54) is 4.90 Å². The van der Waals surface area contributed by atoms with Gasteiger partial charge in [0.25, 0.3) is 0 Å². The third-order valence-electron chi connectivity index (χ3n) is 4.02. The maximum atomic E-state index is 14.8. The molecule has 1 N–H and O–H groups in total. The molecule has 27 heavy (non-hydrogen) atoms. The van der Waals surface area contributed by atoms with Gasteiger partial charge in [-0.05, 0) is 54.0 Å². The van der Waals surface area contributed by atoms with Crippen molar-refractivity contribution in [1.82, 2.24) is 10.2 Å². The molecule has 1 heterocycles. The van der Waals surface area contributed by atoms with Crippen molar-refractivity contribution in [2.75, 3.05) is 13.1 Å². The first-order valence-corrected chi connectivity index (χ1v) is 8.97. The summed E-state index contributed by atoms with van der Waals surface area (Å²) >= 11 is 0. The normalized spacial score (nSPS) is 16.4. The molecule has 1 aliphatic rings. The van der Waals surface area contributed by atoms with E-state index >= 15 is 0 Å². The van der Waals surface area contributed by atoms with Crippen molar-refractivity contribution >= 4 is 12.2 Å². The number of likely N-dealkylation sites (tertiary alicyclic amines) is 1. The number of hydrogen-bond donors (Lipinski definition) is 1. The second kappa shape index (κ2) is 7.02. The quantitative estimate of drug-likeness (QED) is 0.839. The Labute approximate surface area is 160 Å². The first-order chi connectivity index (χ1) is 12.2. The minimum absolute atomic E-state index is 0.0987. The summed E-state index contributed by atoms with van der Waals surface area (Å²) < 4.78 is 25.5. The van der Waals surface area contributed by atoms with Gasteiger partial charge in [-0.2, -0.15) is 0 Å². The topological polar surface area (TPSA) is 67.9 Å². The summed E-state index contributed by atoms with van der Waals surface area (Å²) in [5.41, 5.74) is -1.59. The van der Waals surface area contributed by atoms with E-state index in [1.807, 2.05) is 0 Å². The lowest BCUT2D eigenvalue weighted by Gasteiger charge is -2.50. The van der Waals surface area contributed by atoms with Gasteiger partial charge in [0.2, 0.25) is 0 Å². The van der Waals surface area contributed by atoms with Crippen LogP contribution >= 0.6 is 0 Å². The maximum Gasteiger partial charge on any atom is 0.410 e. The van der Waals surface area contributed by atoms with Crippen molar-refractivity contribution in [3.05, 3.63) is 35.1 Å². The first kappa shape index (κ1) is 21.0. The van der Waals surface area contributed by atoms with E-state index in [0.717, 1.165) is 0 Å². The molecule has 2 amide bonds. The van der Waals surface area contributed by atoms with Crippen LogP contribution in [0.3, 0.4) is 0 Å². The summed E-state index contributed by atoms with van der Waals surface area (Å²) in [5, 5.41) is 2.77. The van der Waals surface area contributed by atoms with Crippen molar-refractivity contribution in [3.8, 4) is 0 Å². The molecule has 0 bridgehead atoms. The SMILES string of the molecule is Cc1cccc(C2(NC(=O)OC(C)(C)C)CN(C(=O)OC(C)(C)C)C2)c1F. The molecule has 0 aliphatic carbocycles. The van der Waals surface area contributed by atoms with Crippen LogP contribution in [0.2, 0.25) is 0 Å². The molecule has 1 aromatic carbocycles. The number of halogens is 1. The number of carbonyl (C=O) groups excluding carboxylic acids is 2. The maximum absolute atomic E-state index is 14.8. The molecule has 0 unspecified atom stereocenters. The molecule has 6 nitrogen and oxygen atoms in total. The van der Waals surface area contributed by atoms with E-state index in [4.69, 9.17) is 9.47 Å². The number of alkyl carbamates (subject to hydrolysis) is 1. The van der Waals surface area contributed by atoms with E-state index in [2.05, 4.69) is 5.32 Å². The smallest absolute Gasteiger partial charge is 0.410 e. The molecule has 7 heteroatoms. The summed E-state index contributed by atoms with van der Waals surface area (Å²) in [6, 6.07) is 5.00. The minimum Gasteiger partial charge on any atom is -0.444 e. The highest BCUT2D eigenvalue weighted by molar-refractivity contribution is 5.73. The number of nitrogens with zero attached hydrogens (tertiary/aromatic N) is 1. The van der Waals surface area contributed by atoms with E-state index < -0.39 is 34.7 Å². The molecule has 1 saturated heterocycles. The average Bonchev–Trinajstić information content (AvgIpc) is 2.41. The van der Waals surface area contributed by atoms with E-state index in [-0.39, 0.29) is 13.1 Å². The van der Waals surface area contributed by atoms with E-state index in [9.17, 15) is 14.0 Å². The molecule has 1 aromatic rings. The van der Waals surface area contributed by atoms with E-state index in [0.29, 0.717) is 11.1 Å². The zero-order valence-electron chi connectivity index (χ0n) is 17.1. The molecule has 0 aromatic heterocycles. The van der Waals surface area contributed by atoms with Crippen LogP contribution in [0, 0.1) is 12.7 Å². The minimum atomic E-state index is -1.06. The second-order valence-electron chi connectivity index (χ2n) is 8.98. The van der Waals surface area contributed by atoms with Crippen LogP contribution in [0.5, 0.6) is 0 Å². The standard InChI is InChI=1S/C20H29FN2O4/c1-13-9-8-10-14(15(13)21)20(22-16(24)26-18(2,3)4)11-23(12-20)17(25)27-19(5,6)7/h8-10H,11-12H2,1-7H3,(H,22,24). The number of aryl methyl sites for hydroxylation is 1. The van der Waals surface area contributed by atoms with Gasteiger partial charge in [-0.15, -0.1) is 0 Å². The molecule has 0 saturated carbocycles. The Morgan fingerprint density at radius 2 is 1.63 bits per heavy atom. The monoisotopic (exact) mass is 380 g/mol. The van der Waals surface area contributed by atoms with Gasteiger partial charge >= 0.3 is 12.2 Å². The van der Waals surface area contributed by atoms with Crippen molar-refractivity contribution in [3.63, 3.8) is 0 Å². The highest BCUT2D eigenvalue weighted by Gasteiger charge is 2.51. The van der Waals surface area contributed by atoms with Gasteiger partial charge in [-0.3, -0.25) is 0 Å². The van der Waals surface area contributed by atoms with Crippen LogP contribution in [0.4, 0.5) is 14.0 Å². The summed E-state index contributed by atoms with van der Waals surface area (Å²) in [6.07, 6.45) is -1.16. The Kier molecular flexibility index (Phi) is 5.46. The number of hydrogen-bond acceptors (Lipinski definition) is 4. The molecule has 0 atom stereocenters. The Hall–Kier alpha value is -2.31. The lowest BCUT2D eigenvalue weighted by atomic mass is 9.81. The first-order valence-electron chi connectivity index (χ1n) is 8.97. The number of rotatable bonds is 2. The number of nitrogens with one attached hydrogen (secondary N) is 1. The predicted octanol–water partition coefficient (Wildman–Crippen LogP) is 4.10. The van der Waals surface area contributed by atoms with Gasteiger partial charge in [-0.25, -0.2) is 14.0 Å². The van der Waals surface area contributed by atoms with Crippen LogP contribution in [0.25, 0.3) is 0 Å². The molecule has 1 fully saturated rings. The Bertz CT molecular complexity index is 728. The van der Waals surface area contributed by atoms with Gasteiger partial charge in [0.1, 0.15) is 22.6 Å². The molecule has 1 aliphatic heterocycles. The third-order valence-corrected chi connectivity index (χ3v) is 4.02. The fraction of sp³-hybridized carbons (Fsp3) is 0.600. The molecule has 0 spiro atoms. The van der Waals surface area contributed by atoms with Crippen LogP contribution in [-0.2, 0) is 15.0 Å². The number of carbonyl (C=O) groups is 2. The summed E-state index contributed by atoms with van der Waals surface area (Å²) in [4.78, 5) is 26.1. The molecule has 2 rings (SSSR count). The summed E-state index contributed by atoms with van der Waals surface area (Å²) in [6.45, 7) is 12.4. The molecular weight excluding hydrogens is 351 g/mol. The van der Waals surface area contributed by atoms with Crippen molar-refractivity contribution in [1.29, 1.82) is 0 Å².